The number of piperazine rings is 1. The number of carbonyl (C=O) groups excluding carboxylic acids is 1. The lowest BCUT2D eigenvalue weighted by atomic mass is 10.0. The summed E-state index contributed by atoms with van der Waals surface area (Å²) >= 11 is 0. The molecular formula is C29H33N3O. The minimum Gasteiger partial charge on any atom is -0.369 e. The fraction of sp³-hybridized carbons (Fsp3) is 0.345. The summed E-state index contributed by atoms with van der Waals surface area (Å²) in [4.78, 5) is 17.7. The van der Waals surface area contributed by atoms with E-state index in [9.17, 15) is 4.79 Å². The first kappa shape index (κ1) is 21.7. The molecule has 0 saturated carbocycles. The maximum atomic E-state index is 12.7. The van der Waals surface area contributed by atoms with Crippen LogP contribution in [0.15, 0.2) is 66.7 Å². The Bertz CT molecular complexity index is 1130. The zero-order valence-corrected chi connectivity index (χ0v) is 19.5. The van der Waals surface area contributed by atoms with Gasteiger partial charge in [0.2, 0.25) is 0 Å². The maximum Gasteiger partial charge on any atom is 0.251 e. The smallest absolute Gasteiger partial charge is 0.251 e. The molecule has 1 fully saturated rings. The SMILES string of the molecule is Cc1ccccc1N1CCN(CCCCNC(=O)c2ccc3c(c2)Cc2ccccc2-3)CC1. The lowest BCUT2D eigenvalue weighted by molar-refractivity contribution is 0.0952. The molecule has 170 valence electrons. The number of aryl methyl sites for hydroxylation is 1. The molecule has 2 aliphatic rings. The van der Waals surface area contributed by atoms with E-state index in [0.29, 0.717) is 0 Å². The van der Waals surface area contributed by atoms with E-state index in [-0.39, 0.29) is 5.91 Å². The fourth-order valence-electron chi connectivity index (χ4n) is 5.18. The number of fused-ring (bicyclic) bond motifs is 3. The van der Waals surface area contributed by atoms with Gasteiger partial charge < -0.3 is 10.2 Å². The highest BCUT2D eigenvalue weighted by Gasteiger charge is 2.20. The van der Waals surface area contributed by atoms with Crippen LogP contribution in [-0.2, 0) is 6.42 Å². The molecule has 1 heterocycles. The molecule has 1 saturated heterocycles. The number of rotatable bonds is 7. The van der Waals surface area contributed by atoms with Crippen LogP contribution in [0.5, 0.6) is 0 Å². The van der Waals surface area contributed by atoms with Gasteiger partial charge in [-0.3, -0.25) is 9.69 Å². The molecule has 0 spiro atoms. The molecule has 4 heteroatoms. The van der Waals surface area contributed by atoms with E-state index in [1.807, 2.05) is 6.07 Å². The molecule has 5 rings (SSSR count). The van der Waals surface area contributed by atoms with Crippen molar-refractivity contribution in [2.75, 3.05) is 44.2 Å². The lowest BCUT2D eigenvalue weighted by Crippen LogP contribution is -2.46. The maximum absolute atomic E-state index is 12.7. The zero-order valence-electron chi connectivity index (χ0n) is 19.5. The third-order valence-corrected chi connectivity index (χ3v) is 7.07. The predicted octanol–water partition coefficient (Wildman–Crippen LogP) is 4.90. The summed E-state index contributed by atoms with van der Waals surface area (Å²) in [7, 11) is 0. The number of carbonyl (C=O) groups is 1. The molecule has 1 N–H and O–H groups in total. The summed E-state index contributed by atoms with van der Waals surface area (Å²) in [6, 6.07) is 23.3. The van der Waals surface area contributed by atoms with E-state index in [0.717, 1.165) is 64.1 Å². The Hall–Kier alpha value is -3.11. The zero-order chi connectivity index (χ0) is 22.6. The largest absolute Gasteiger partial charge is 0.369 e. The minimum atomic E-state index is 0.0422. The highest BCUT2D eigenvalue weighted by molar-refractivity contribution is 5.95. The molecular weight excluding hydrogens is 406 g/mol. The van der Waals surface area contributed by atoms with Crippen LogP contribution in [0.4, 0.5) is 5.69 Å². The van der Waals surface area contributed by atoms with E-state index in [1.165, 1.54) is 33.5 Å². The van der Waals surface area contributed by atoms with Crippen molar-refractivity contribution < 1.29 is 4.79 Å². The predicted molar refractivity (Wildman–Crippen MR) is 136 cm³/mol. The Morgan fingerprint density at radius 1 is 0.848 bits per heavy atom. The van der Waals surface area contributed by atoms with Gasteiger partial charge in [0.1, 0.15) is 0 Å². The average Bonchev–Trinajstić information content (AvgIpc) is 3.22. The van der Waals surface area contributed by atoms with Crippen LogP contribution >= 0.6 is 0 Å². The first-order valence-electron chi connectivity index (χ1n) is 12.2. The van der Waals surface area contributed by atoms with Gasteiger partial charge in [0.15, 0.2) is 0 Å². The summed E-state index contributed by atoms with van der Waals surface area (Å²) in [6.07, 6.45) is 3.05. The normalized spacial score (nSPS) is 15.2. The molecule has 3 aromatic rings. The van der Waals surface area contributed by atoms with E-state index < -0.39 is 0 Å². The van der Waals surface area contributed by atoms with E-state index in [2.05, 4.69) is 82.7 Å². The Morgan fingerprint density at radius 3 is 2.45 bits per heavy atom. The molecule has 1 aliphatic carbocycles. The molecule has 33 heavy (non-hydrogen) atoms. The van der Waals surface area contributed by atoms with Crippen LogP contribution in [0.25, 0.3) is 11.1 Å². The van der Waals surface area contributed by atoms with Gasteiger partial charge in [0, 0.05) is 44.0 Å². The van der Waals surface area contributed by atoms with Gasteiger partial charge in [-0.1, -0.05) is 48.5 Å². The van der Waals surface area contributed by atoms with Gasteiger partial charge >= 0.3 is 0 Å². The van der Waals surface area contributed by atoms with Gasteiger partial charge in [0.25, 0.3) is 5.91 Å². The number of nitrogens with zero attached hydrogens (tertiary/aromatic N) is 2. The number of benzene rings is 3. The van der Waals surface area contributed by atoms with Crippen molar-refractivity contribution in [3.05, 3.63) is 89.0 Å². The lowest BCUT2D eigenvalue weighted by Gasteiger charge is -2.36. The van der Waals surface area contributed by atoms with Crippen molar-refractivity contribution in [1.29, 1.82) is 0 Å². The minimum absolute atomic E-state index is 0.0422. The summed E-state index contributed by atoms with van der Waals surface area (Å²) in [5, 5.41) is 3.12. The fourth-order valence-corrected chi connectivity index (χ4v) is 5.18. The number of para-hydroxylation sites is 1. The van der Waals surface area contributed by atoms with Crippen molar-refractivity contribution >= 4 is 11.6 Å². The second kappa shape index (κ2) is 9.80. The van der Waals surface area contributed by atoms with E-state index in [1.54, 1.807) is 0 Å². The summed E-state index contributed by atoms with van der Waals surface area (Å²) in [5.41, 5.74) is 8.68. The highest BCUT2D eigenvalue weighted by Crippen LogP contribution is 2.36. The molecule has 1 aliphatic heterocycles. The van der Waals surface area contributed by atoms with Crippen LogP contribution in [0.2, 0.25) is 0 Å². The number of nitrogens with one attached hydrogen (secondary N) is 1. The second-order valence-corrected chi connectivity index (χ2v) is 9.28. The Labute approximate surface area is 197 Å². The van der Waals surface area contributed by atoms with Crippen molar-refractivity contribution in [2.24, 2.45) is 0 Å². The van der Waals surface area contributed by atoms with Gasteiger partial charge in [-0.05, 0) is 78.7 Å². The van der Waals surface area contributed by atoms with E-state index in [4.69, 9.17) is 0 Å². The van der Waals surface area contributed by atoms with Crippen molar-refractivity contribution in [3.8, 4) is 11.1 Å². The first-order chi connectivity index (χ1) is 16.2. The molecule has 3 aromatic carbocycles. The number of unbranched alkanes of at least 4 members (excludes halogenated alkanes) is 1. The topological polar surface area (TPSA) is 35.6 Å². The summed E-state index contributed by atoms with van der Waals surface area (Å²) < 4.78 is 0. The van der Waals surface area contributed by atoms with Gasteiger partial charge in [0.05, 0.1) is 0 Å². The summed E-state index contributed by atoms with van der Waals surface area (Å²) in [6.45, 7) is 8.43. The number of amides is 1. The van der Waals surface area contributed by atoms with Crippen LogP contribution in [0.1, 0.15) is 39.9 Å². The standard InChI is InChI=1S/C29H33N3O/c1-22-8-2-5-11-28(22)32-18-16-31(17-19-32)15-7-6-14-30-29(33)24-12-13-27-25(21-24)20-23-9-3-4-10-26(23)27/h2-5,8-13,21H,6-7,14-20H2,1H3,(H,30,33). The Balaban J connectivity index is 1.03. The van der Waals surface area contributed by atoms with Crippen molar-refractivity contribution in [3.63, 3.8) is 0 Å². The first-order valence-corrected chi connectivity index (χ1v) is 12.2. The molecule has 1 amide bonds. The summed E-state index contributed by atoms with van der Waals surface area (Å²) in [5.74, 6) is 0.0422. The Morgan fingerprint density at radius 2 is 1.61 bits per heavy atom. The van der Waals surface area contributed by atoms with Crippen LogP contribution in [-0.4, -0.2) is 50.1 Å². The molecule has 4 nitrogen and oxygen atoms in total. The van der Waals surface area contributed by atoms with Crippen LogP contribution in [0, 0.1) is 6.92 Å². The molecule has 0 radical (unpaired) electrons. The van der Waals surface area contributed by atoms with Gasteiger partial charge in [-0.2, -0.15) is 0 Å². The molecule has 0 aromatic heterocycles. The van der Waals surface area contributed by atoms with Crippen LogP contribution in [0.3, 0.4) is 0 Å². The Kier molecular flexibility index (Phi) is 6.45. The monoisotopic (exact) mass is 439 g/mol. The van der Waals surface area contributed by atoms with Gasteiger partial charge in [-0.25, -0.2) is 0 Å². The average molecular weight is 440 g/mol. The second-order valence-electron chi connectivity index (χ2n) is 9.28. The number of hydrogen-bond donors (Lipinski definition) is 1. The molecule has 0 unspecified atom stereocenters. The van der Waals surface area contributed by atoms with Crippen LogP contribution < -0.4 is 10.2 Å². The van der Waals surface area contributed by atoms with Crippen molar-refractivity contribution in [1.82, 2.24) is 10.2 Å². The molecule has 0 bridgehead atoms. The third kappa shape index (κ3) is 4.81. The molecule has 0 atom stereocenters. The quantitative estimate of drug-likeness (QED) is 0.416. The highest BCUT2D eigenvalue weighted by atomic mass is 16.1. The van der Waals surface area contributed by atoms with Gasteiger partial charge in [-0.15, -0.1) is 0 Å². The third-order valence-electron chi connectivity index (χ3n) is 7.07. The van der Waals surface area contributed by atoms with E-state index >= 15 is 0 Å². The number of anilines is 1. The number of hydrogen-bond acceptors (Lipinski definition) is 3. The van der Waals surface area contributed by atoms with Crippen molar-refractivity contribution in [2.45, 2.75) is 26.2 Å².